The van der Waals surface area contributed by atoms with Crippen LogP contribution in [-0.4, -0.2) is 10.2 Å². The van der Waals surface area contributed by atoms with Gasteiger partial charge in [-0.15, -0.1) is 0 Å². The molecule has 0 saturated carbocycles. The number of H-pyrrole nitrogens is 1. The van der Waals surface area contributed by atoms with E-state index < -0.39 is 0 Å². The van der Waals surface area contributed by atoms with Crippen molar-refractivity contribution in [1.82, 2.24) is 10.2 Å². The maximum absolute atomic E-state index is 5.76. The molecule has 0 unspecified atom stereocenters. The van der Waals surface area contributed by atoms with Crippen LogP contribution in [0.2, 0.25) is 0 Å². The Bertz CT molecular complexity index is 429. The van der Waals surface area contributed by atoms with E-state index in [0.29, 0.717) is 6.54 Å². The molecule has 84 valence electrons. The van der Waals surface area contributed by atoms with Crippen LogP contribution < -0.4 is 5.73 Å². The minimum absolute atomic E-state index is 0.574. The highest BCUT2D eigenvalue weighted by atomic mass is 32.2. The zero-order valence-electron chi connectivity index (χ0n) is 9.23. The first-order valence-electron chi connectivity index (χ1n) is 5.33. The molecule has 16 heavy (non-hydrogen) atoms. The van der Waals surface area contributed by atoms with Crippen LogP contribution in [0.25, 0.3) is 0 Å². The van der Waals surface area contributed by atoms with Gasteiger partial charge in [-0.3, -0.25) is 5.10 Å². The molecule has 3 N–H and O–H groups in total. The molecule has 0 fully saturated rings. The zero-order valence-corrected chi connectivity index (χ0v) is 10.1. The fraction of sp³-hybridized carbons (Fsp3) is 0.250. The van der Waals surface area contributed by atoms with Crippen LogP contribution in [0.1, 0.15) is 18.1 Å². The van der Waals surface area contributed by atoms with Gasteiger partial charge in [-0.25, -0.2) is 0 Å². The van der Waals surface area contributed by atoms with Gasteiger partial charge in [0.05, 0.1) is 5.03 Å². The lowest BCUT2D eigenvalue weighted by molar-refractivity contribution is 0.968. The van der Waals surface area contributed by atoms with Crippen molar-refractivity contribution in [3.8, 4) is 0 Å². The normalized spacial score (nSPS) is 10.6. The van der Waals surface area contributed by atoms with Crippen molar-refractivity contribution >= 4 is 11.8 Å². The molecule has 2 rings (SSSR count). The number of nitrogens with two attached hydrogens (primary N) is 1. The van der Waals surface area contributed by atoms with Gasteiger partial charge in [-0.1, -0.05) is 36.9 Å². The molecule has 0 spiro atoms. The van der Waals surface area contributed by atoms with Crippen molar-refractivity contribution in [2.45, 2.75) is 29.8 Å². The molecule has 0 atom stereocenters. The molecule has 0 bridgehead atoms. The topological polar surface area (TPSA) is 54.7 Å². The van der Waals surface area contributed by atoms with Gasteiger partial charge in [-0.2, -0.15) is 5.10 Å². The minimum Gasteiger partial charge on any atom is -0.326 e. The van der Waals surface area contributed by atoms with Gasteiger partial charge in [0.1, 0.15) is 0 Å². The second-order valence-corrected chi connectivity index (χ2v) is 4.54. The summed E-state index contributed by atoms with van der Waals surface area (Å²) in [4.78, 5) is 1.26. The summed E-state index contributed by atoms with van der Waals surface area (Å²) in [6, 6.07) is 8.27. The highest BCUT2D eigenvalue weighted by molar-refractivity contribution is 7.99. The fourth-order valence-electron chi connectivity index (χ4n) is 1.62. The van der Waals surface area contributed by atoms with E-state index in [4.69, 9.17) is 5.73 Å². The lowest BCUT2D eigenvalue weighted by Crippen LogP contribution is -2.00. The summed E-state index contributed by atoms with van der Waals surface area (Å²) in [5.74, 6) is 0. The summed E-state index contributed by atoms with van der Waals surface area (Å²) in [7, 11) is 0. The fourth-order valence-corrected chi connectivity index (χ4v) is 2.69. The van der Waals surface area contributed by atoms with Gasteiger partial charge in [0.25, 0.3) is 0 Å². The van der Waals surface area contributed by atoms with Gasteiger partial charge >= 0.3 is 0 Å². The van der Waals surface area contributed by atoms with Gasteiger partial charge in [0.15, 0.2) is 0 Å². The molecule has 0 radical (unpaired) electrons. The van der Waals surface area contributed by atoms with Crippen LogP contribution in [0.4, 0.5) is 0 Å². The average Bonchev–Trinajstić information content (AvgIpc) is 2.82. The smallest absolute Gasteiger partial charge is 0.0955 e. The third-order valence-corrected chi connectivity index (χ3v) is 3.64. The van der Waals surface area contributed by atoms with E-state index in [9.17, 15) is 0 Å². The first kappa shape index (κ1) is 11.2. The number of hydrogen-bond donors (Lipinski definition) is 2. The third-order valence-electron chi connectivity index (χ3n) is 2.47. The van der Waals surface area contributed by atoms with E-state index in [2.05, 4.69) is 35.3 Å². The maximum Gasteiger partial charge on any atom is 0.0955 e. The number of aromatic amines is 1. The molecule has 0 aliphatic heterocycles. The van der Waals surface area contributed by atoms with E-state index >= 15 is 0 Å². The summed E-state index contributed by atoms with van der Waals surface area (Å²) in [6.45, 7) is 2.73. The van der Waals surface area contributed by atoms with Crippen LogP contribution in [-0.2, 0) is 13.0 Å². The van der Waals surface area contributed by atoms with E-state index in [0.717, 1.165) is 11.4 Å². The Hall–Kier alpha value is -1.26. The first-order chi connectivity index (χ1) is 7.85. The Labute approximate surface area is 99.4 Å². The molecule has 4 heteroatoms. The van der Waals surface area contributed by atoms with Crippen molar-refractivity contribution in [3.05, 3.63) is 41.6 Å². The highest BCUT2D eigenvalue weighted by Gasteiger charge is 2.08. The number of nitrogens with one attached hydrogen (secondary N) is 1. The summed E-state index contributed by atoms with van der Waals surface area (Å²) in [5.41, 5.74) is 8.29. The van der Waals surface area contributed by atoms with Gasteiger partial charge in [0.2, 0.25) is 0 Å². The quantitative estimate of drug-likeness (QED) is 0.853. The predicted molar refractivity (Wildman–Crippen MR) is 66.4 cm³/mol. The van der Waals surface area contributed by atoms with Crippen LogP contribution in [0.15, 0.2) is 40.4 Å². The van der Waals surface area contributed by atoms with Crippen molar-refractivity contribution in [2.24, 2.45) is 5.73 Å². The number of rotatable bonds is 4. The molecule has 0 aliphatic rings. The molecule has 1 heterocycles. The molecule has 3 nitrogen and oxygen atoms in total. The molecule has 0 amide bonds. The standard InChI is InChI=1S/C12H15N3S/c1-2-9-4-3-5-10(8-13)12(9)16-11-6-7-14-15-11/h3-7H,2,8,13H2,1H3,(H,14,15). The van der Waals surface area contributed by atoms with Gasteiger partial charge in [0, 0.05) is 17.6 Å². The van der Waals surface area contributed by atoms with Crippen molar-refractivity contribution in [2.75, 3.05) is 0 Å². The number of nitrogens with zero attached hydrogens (tertiary/aromatic N) is 1. The number of hydrogen-bond acceptors (Lipinski definition) is 3. The van der Waals surface area contributed by atoms with Crippen molar-refractivity contribution < 1.29 is 0 Å². The van der Waals surface area contributed by atoms with Gasteiger partial charge < -0.3 is 5.73 Å². The van der Waals surface area contributed by atoms with Crippen molar-refractivity contribution in [3.63, 3.8) is 0 Å². The SMILES string of the molecule is CCc1cccc(CN)c1Sc1ccn[nH]1. The molecular weight excluding hydrogens is 218 g/mol. The summed E-state index contributed by atoms with van der Waals surface area (Å²) in [5, 5.41) is 7.96. The zero-order chi connectivity index (χ0) is 11.4. The Balaban J connectivity index is 2.37. The number of benzene rings is 1. The van der Waals surface area contributed by atoms with Crippen LogP contribution in [0, 0.1) is 0 Å². The molecule has 2 aromatic rings. The second-order valence-electron chi connectivity index (χ2n) is 3.49. The third kappa shape index (κ3) is 2.28. The lowest BCUT2D eigenvalue weighted by Gasteiger charge is -2.11. The largest absolute Gasteiger partial charge is 0.326 e. The molecule has 0 saturated heterocycles. The summed E-state index contributed by atoms with van der Waals surface area (Å²) >= 11 is 1.70. The van der Waals surface area contributed by atoms with E-state index in [-0.39, 0.29) is 0 Å². The monoisotopic (exact) mass is 233 g/mol. The van der Waals surface area contributed by atoms with Crippen LogP contribution >= 0.6 is 11.8 Å². The highest BCUT2D eigenvalue weighted by Crippen LogP contribution is 2.32. The molecule has 0 aliphatic carbocycles. The number of aromatic nitrogens is 2. The minimum atomic E-state index is 0.574. The van der Waals surface area contributed by atoms with E-state index in [1.165, 1.54) is 16.0 Å². The van der Waals surface area contributed by atoms with Crippen LogP contribution in [0.5, 0.6) is 0 Å². The molecule has 1 aromatic carbocycles. The summed E-state index contributed by atoms with van der Waals surface area (Å²) < 4.78 is 0. The van der Waals surface area contributed by atoms with Crippen LogP contribution in [0.3, 0.4) is 0 Å². The molecule has 1 aromatic heterocycles. The Morgan fingerprint density at radius 2 is 2.12 bits per heavy atom. The Kier molecular flexibility index (Phi) is 3.64. The molecular formula is C12H15N3S. The predicted octanol–water partition coefficient (Wildman–Crippen LogP) is 2.58. The summed E-state index contributed by atoms with van der Waals surface area (Å²) in [6.07, 6.45) is 2.78. The Morgan fingerprint density at radius 1 is 1.31 bits per heavy atom. The van der Waals surface area contributed by atoms with E-state index in [1.54, 1.807) is 18.0 Å². The van der Waals surface area contributed by atoms with E-state index in [1.807, 2.05) is 6.07 Å². The Morgan fingerprint density at radius 3 is 2.75 bits per heavy atom. The first-order valence-corrected chi connectivity index (χ1v) is 6.15. The average molecular weight is 233 g/mol. The second kappa shape index (κ2) is 5.18. The van der Waals surface area contributed by atoms with Crippen molar-refractivity contribution in [1.29, 1.82) is 0 Å². The lowest BCUT2D eigenvalue weighted by atomic mass is 10.1. The number of aryl methyl sites for hydroxylation is 1. The maximum atomic E-state index is 5.76. The van der Waals surface area contributed by atoms with Gasteiger partial charge in [-0.05, 0) is 23.6 Å².